The van der Waals surface area contributed by atoms with E-state index in [0.717, 1.165) is 34.4 Å². The Hall–Kier alpha value is -2.39. The Balaban J connectivity index is 2.11. The van der Waals surface area contributed by atoms with E-state index in [9.17, 15) is 4.79 Å². The molecule has 2 aromatic rings. The number of amides is 1. The molecular weight excluding hydrogens is 272 g/mol. The minimum absolute atomic E-state index is 0.0669. The molecule has 0 atom stereocenters. The van der Waals surface area contributed by atoms with Gasteiger partial charge in [-0.3, -0.25) is 4.79 Å². The van der Waals surface area contributed by atoms with Crippen LogP contribution in [0.5, 0.6) is 0 Å². The van der Waals surface area contributed by atoms with Gasteiger partial charge in [-0.15, -0.1) is 0 Å². The van der Waals surface area contributed by atoms with Gasteiger partial charge in [-0.25, -0.2) is 0 Å². The van der Waals surface area contributed by atoms with E-state index >= 15 is 0 Å². The Bertz CT molecular complexity index is 721. The van der Waals surface area contributed by atoms with Crippen molar-refractivity contribution in [3.05, 3.63) is 71.8 Å². The third kappa shape index (κ3) is 2.68. The summed E-state index contributed by atoms with van der Waals surface area (Å²) in [6.07, 6.45) is 1.11. The zero-order valence-electron chi connectivity index (χ0n) is 12.6. The number of nitrogens with zero attached hydrogens (tertiary/aromatic N) is 1. The standard InChI is InChI=1S/C19H20N2O/c1-14-12-15-6-3-5-9-18(15)21(19(22)10-11-20)13-16-7-2-4-8-17(14)16/h2-9H,1,10-13,20H2. The van der Waals surface area contributed by atoms with Crippen molar-refractivity contribution in [2.45, 2.75) is 19.4 Å². The molecule has 1 aliphatic rings. The molecule has 0 saturated carbocycles. The van der Waals surface area contributed by atoms with E-state index in [2.05, 4.69) is 24.8 Å². The van der Waals surface area contributed by atoms with Crippen LogP contribution in [0.3, 0.4) is 0 Å². The lowest BCUT2D eigenvalue weighted by molar-refractivity contribution is -0.118. The molecular formula is C19H20N2O. The second-order valence-electron chi connectivity index (χ2n) is 5.58. The fourth-order valence-electron chi connectivity index (χ4n) is 2.99. The van der Waals surface area contributed by atoms with Gasteiger partial charge in [0.1, 0.15) is 0 Å². The van der Waals surface area contributed by atoms with E-state index in [1.165, 1.54) is 0 Å². The predicted octanol–water partition coefficient (Wildman–Crippen LogP) is 3.14. The van der Waals surface area contributed by atoms with Crippen molar-refractivity contribution in [3.63, 3.8) is 0 Å². The van der Waals surface area contributed by atoms with Crippen molar-refractivity contribution in [2.75, 3.05) is 11.4 Å². The molecule has 1 amide bonds. The molecule has 3 heteroatoms. The summed E-state index contributed by atoms with van der Waals surface area (Å²) < 4.78 is 0. The minimum Gasteiger partial charge on any atom is -0.330 e. The van der Waals surface area contributed by atoms with Gasteiger partial charge in [0.05, 0.1) is 6.54 Å². The summed E-state index contributed by atoms with van der Waals surface area (Å²) in [5.41, 5.74) is 11.0. The van der Waals surface area contributed by atoms with Crippen LogP contribution < -0.4 is 10.6 Å². The van der Waals surface area contributed by atoms with Gasteiger partial charge < -0.3 is 10.6 Å². The first-order chi connectivity index (χ1) is 10.7. The highest BCUT2D eigenvalue weighted by atomic mass is 16.2. The van der Waals surface area contributed by atoms with Crippen LogP contribution in [0.2, 0.25) is 0 Å². The van der Waals surface area contributed by atoms with Crippen LogP contribution in [0.25, 0.3) is 5.57 Å². The minimum atomic E-state index is 0.0669. The number of fused-ring (bicyclic) bond motifs is 2. The van der Waals surface area contributed by atoms with E-state index < -0.39 is 0 Å². The van der Waals surface area contributed by atoms with Crippen molar-refractivity contribution >= 4 is 17.2 Å². The summed E-state index contributed by atoms with van der Waals surface area (Å²) in [5, 5.41) is 0. The van der Waals surface area contributed by atoms with Crippen LogP contribution >= 0.6 is 0 Å². The maximum absolute atomic E-state index is 12.5. The van der Waals surface area contributed by atoms with E-state index in [1.807, 2.05) is 35.2 Å². The third-order valence-electron chi connectivity index (χ3n) is 4.07. The smallest absolute Gasteiger partial charge is 0.228 e. The first-order valence-corrected chi connectivity index (χ1v) is 7.55. The molecule has 3 nitrogen and oxygen atoms in total. The highest BCUT2D eigenvalue weighted by molar-refractivity contribution is 5.95. The number of hydrogen-bond acceptors (Lipinski definition) is 2. The van der Waals surface area contributed by atoms with E-state index in [-0.39, 0.29) is 5.91 Å². The maximum Gasteiger partial charge on any atom is 0.228 e. The molecule has 2 N–H and O–H groups in total. The average Bonchev–Trinajstić information content (AvgIpc) is 2.52. The van der Waals surface area contributed by atoms with Crippen molar-refractivity contribution < 1.29 is 4.79 Å². The van der Waals surface area contributed by atoms with Crippen LogP contribution in [-0.4, -0.2) is 12.5 Å². The predicted molar refractivity (Wildman–Crippen MR) is 90.5 cm³/mol. The molecule has 0 spiro atoms. The first kappa shape index (κ1) is 14.5. The number of carbonyl (C=O) groups excluding carboxylic acids is 1. The van der Waals surface area contributed by atoms with Gasteiger partial charge in [0.2, 0.25) is 5.91 Å². The van der Waals surface area contributed by atoms with Gasteiger partial charge in [0.15, 0.2) is 0 Å². The zero-order chi connectivity index (χ0) is 15.5. The van der Waals surface area contributed by atoms with Gasteiger partial charge >= 0.3 is 0 Å². The molecule has 0 saturated heterocycles. The van der Waals surface area contributed by atoms with Crippen molar-refractivity contribution in [3.8, 4) is 0 Å². The molecule has 22 heavy (non-hydrogen) atoms. The lowest BCUT2D eigenvalue weighted by atomic mass is 9.92. The number of para-hydroxylation sites is 1. The van der Waals surface area contributed by atoms with Crippen molar-refractivity contribution in [2.24, 2.45) is 5.73 Å². The molecule has 112 valence electrons. The molecule has 0 bridgehead atoms. The Morgan fingerprint density at radius 1 is 1.09 bits per heavy atom. The lowest BCUT2D eigenvalue weighted by Crippen LogP contribution is -2.33. The number of anilines is 1. The fourth-order valence-corrected chi connectivity index (χ4v) is 2.99. The SMILES string of the molecule is C=C1Cc2ccccc2N(C(=O)CCN)Cc2ccccc21. The van der Waals surface area contributed by atoms with Gasteiger partial charge in [-0.2, -0.15) is 0 Å². The number of rotatable bonds is 2. The van der Waals surface area contributed by atoms with Crippen molar-refractivity contribution in [1.29, 1.82) is 0 Å². The van der Waals surface area contributed by atoms with Crippen LogP contribution in [-0.2, 0) is 17.8 Å². The summed E-state index contributed by atoms with van der Waals surface area (Å²) in [6.45, 7) is 5.17. The number of carbonyl (C=O) groups is 1. The fraction of sp³-hybridized carbons (Fsp3) is 0.211. The molecule has 2 aromatic carbocycles. The first-order valence-electron chi connectivity index (χ1n) is 7.55. The van der Waals surface area contributed by atoms with Gasteiger partial charge in [-0.1, -0.05) is 49.0 Å². The highest BCUT2D eigenvalue weighted by Crippen LogP contribution is 2.32. The van der Waals surface area contributed by atoms with Crippen LogP contribution in [0.4, 0.5) is 5.69 Å². The summed E-state index contributed by atoms with van der Waals surface area (Å²) >= 11 is 0. The molecule has 0 fully saturated rings. The molecule has 0 radical (unpaired) electrons. The molecule has 3 rings (SSSR count). The van der Waals surface area contributed by atoms with Crippen molar-refractivity contribution in [1.82, 2.24) is 0 Å². The number of nitrogens with two attached hydrogens (primary N) is 1. The lowest BCUT2D eigenvalue weighted by Gasteiger charge is -2.29. The monoisotopic (exact) mass is 292 g/mol. The summed E-state index contributed by atoms with van der Waals surface area (Å²) in [6, 6.07) is 16.2. The topological polar surface area (TPSA) is 46.3 Å². The molecule has 0 aromatic heterocycles. The number of allylic oxidation sites excluding steroid dienone is 1. The molecule has 1 aliphatic heterocycles. The number of benzene rings is 2. The molecule has 0 aliphatic carbocycles. The summed E-state index contributed by atoms with van der Waals surface area (Å²) in [4.78, 5) is 14.4. The van der Waals surface area contributed by atoms with Crippen LogP contribution in [0.1, 0.15) is 23.1 Å². The molecule has 1 heterocycles. The zero-order valence-corrected chi connectivity index (χ0v) is 12.6. The van der Waals surface area contributed by atoms with Gasteiger partial charge in [0, 0.05) is 18.7 Å². The second kappa shape index (κ2) is 6.16. The Morgan fingerprint density at radius 2 is 1.77 bits per heavy atom. The third-order valence-corrected chi connectivity index (χ3v) is 4.07. The normalized spacial score (nSPS) is 13.9. The number of hydrogen-bond donors (Lipinski definition) is 1. The second-order valence-corrected chi connectivity index (χ2v) is 5.58. The quantitative estimate of drug-likeness (QED) is 0.924. The van der Waals surface area contributed by atoms with Gasteiger partial charge in [0.25, 0.3) is 0 Å². The average molecular weight is 292 g/mol. The van der Waals surface area contributed by atoms with Crippen LogP contribution in [0, 0.1) is 0 Å². The van der Waals surface area contributed by atoms with E-state index in [1.54, 1.807) is 0 Å². The van der Waals surface area contributed by atoms with Gasteiger partial charge in [-0.05, 0) is 34.8 Å². The van der Waals surface area contributed by atoms with Crippen LogP contribution in [0.15, 0.2) is 55.1 Å². The Labute approximate surface area is 131 Å². The largest absolute Gasteiger partial charge is 0.330 e. The molecule has 0 unspecified atom stereocenters. The van der Waals surface area contributed by atoms with E-state index in [4.69, 9.17) is 5.73 Å². The summed E-state index contributed by atoms with van der Waals surface area (Å²) in [7, 11) is 0. The maximum atomic E-state index is 12.5. The Kier molecular flexibility index (Phi) is 4.07. The summed E-state index contributed by atoms with van der Waals surface area (Å²) in [5.74, 6) is 0.0669. The highest BCUT2D eigenvalue weighted by Gasteiger charge is 2.22. The van der Waals surface area contributed by atoms with E-state index in [0.29, 0.717) is 19.5 Å². The Morgan fingerprint density at radius 3 is 2.55 bits per heavy atom.